The molecule has 0 aliphatic rings. The summed E-state index contributed by atoms with van der Waals surface area (Å²) in [4.78, 5) is 8.26. The Morgan fingerprint density at radius 2 is 1.68 bits per heavy atom. The van der Waals surface area contributed by atoms with Gasteiger partial charge in [-0.3, -0.25) is 0 Å². The predicted molar refractivity (Wildman–Crippen MR) is 92.8 cm³/mol. The second kappa shape index (κ2) is 8.49. The predicted octanol–water partition coefficient (Wildman–Crippen LogP) is 1.34. The third-order valence-corrected chi connectivity index (χ3v) is 4.92. The Bertz CT molecular complexity index is 1010. The molecule has 1 aromatic heterocycles. The minimum atomic E-state index is -3.98. The van der Waals surface area contributed by atoms with Gasteiger partial charge in [-0.25, -0.2) is 13.4 Å². The number of aromatic nitrogens is 2. The molecule has 0 aliphatic heterocycles. The SMILES string of the molecule is COc1ccc2nc([N-]S(=O)(=O)c3ccc(Cl)cc3)c(Cl)nc2c1.[K+]. The van der Waals surface area contributed by atoms with Crippen LogP contribution in [-0.4, -0.2) is 25.5 Å². The van der Waals surface area contributed by atoms with E-state index in [1.807, 2.05) is 0 Å². The maximum atomic E-state index is 12.3. The van der Waals surface area contributed by atoms with Gasteiger partial charge in [0.15, 0.2) is 0 Å². The van der Waals surface area contributed by atoms with Crippen LogP contribution in [0.2, 0.25) is 10.2 Å². The molecule has 0 atom stereocenters. The van der Waals surface area contributed by atoms with Gasteiger partial charge in [0.25, 0.3) is 0 Å². The van der Waals surface area contributed by atoms with Gasteiger partial charge in [-0.1, -0.05) is 29.3 Å². The van der Waals surface area contributed by atoms with E-state index in [-0.39, 0.29) is 67.3 Å². The molecule has 6 nitrogen and oxygen atoms in total. The number of fused-ring (bicyclic) bond motifs is 1. The van der Waals surface area contributed by atoms with Gasteiger partial charge in [0.2, 0.25) is 10.0 Å². The number of sulfonamides is 1. The van der Waals surface area contributed by atoms with E-state index in [4.69, 9.17) is 27.9 Å². The van der Waals surface area contributed by atoms with Gasteiger partial charge in [-0.05, 0) is 41.7 Å². The Labute approximate surface area is 197 Å². The quantitative estimate of drug-likeness (QED) is 0.593. The maximum Gasteiger partial charge on any atom is 1.00 e. The first-order chi connectivity index (χ1) is 11.4. The van der Waals surface area contributed by atoms with Crippen LogP contribution in [0.25, 0.3) is 15.8 Å². The van der Waals surface area contributed by atoms with Crippen LogP contribution in [-0.2, 0) is 10.0 Å². The average molecular weight is 422 g/mol. The fourth-order valence-electron chi connectivity index (χ4n) is 1.96. The van der Waals surface area contributed by atoms with Crippen LogP contribution in [0.4, 0.5) is 5.82 Å². The van der Waals surface area contributed by atoms with Crippen molar-refractivity contribution in [2.45, 2.75) is 4.90 Å². The summed E-state index contributed by atoms with van der Waals surface area (Å²) in [6, 6.07) is 10.6. The molecule has 0 aliphatic carbocycles. The normalized spacial score (nSPS) is 11.0. The topological polar surface area (TPSA) is 83.2 Å². The molecule has 124 valence electrons. The number of hydrogen-bond acceptors (Lipinski definition) is 5. The van der Waals surface area contributed by atoms with Crippen LogP contribution in [0.15, 0.2) is 47.4 Å². The van der Waals surface area contributed by atoms with E-state index in [1.165, 1.54) is 31.4 Å². The second-order valence-corrected chi connectivity index (χ2v) is 7.11. The molecule has 0 spiro atoms. The van der Waals surface area contributed by atoms with Crippen molar-refractivity contribution < 1.29 is 64.5 Å². The van der Waals surface area contributed by atoms with E-state index in [0.717, 1.165) is 0 Å². The zero-order chi connectivity index (χ0) is 17.3. The molecule has 0 N–H and O–H groups in total. The van der Waals surface area contributed by atoms with Crippen LogP contribution < -0.4 is 56.1 Å². The Balaban J connectivity index is 0.00000225. The van der Waals surface area contributed by atoms with Crippen LogP contribution in [0.1, 0.15) is 0 Å². The van der Waals surface area contributed by atoms with Crippen LogP contribution in [0.5, 0.6) is 5.75 Å². The van der Waals surface area contributed by atoms with Crippen LogP contribution in [0, 0.1) is 0 Å². The summed E-state index contributed by atoms with van der Waals surface area (Å²) in [6.45, 7) is 0. The number of methoxy groups -OCH3 is 1. The molecule has 25 heavy (non-hydrogen) atoms. The van der Waals surface area contributed by atoms with Gasteiger partial charge >= 0.3 is 51.4 Å². The Kier molecular flexibility index (Phi) is 7.08. The first kappa shape index (κ1) is 20.9. The van der Waals surface area contributed by atoms with Crippen molar-refractivity contribution in [2.24, 2.45) is 0 Å². The Morgan fingerprint density at radius 1 is 1.00 bits per heavy atom. The summed E-state index contributed by atoms with van der Waals surface area (Å²) in [6.07, 6.45) is 0. The number of benzene rings is 2. The molecule has 0 amide bonds. The number of halogens is 2. The summed E-state index contributed by atoms with van der Waals surface area (Å²) in [5, 5.41) is 0.305. The van der Waals surface area contributed by atoms with Crippen molar-refractivity contribution in [2.75, 3.05) is 7.11 Å². The summed E-state index contributed by atoms with van der Waals surface area (Å²) in [5.74, 6) is 0.413. The Hall–Kier alpha value is -0.454. The van der Waals surface area contributed by atoms with Gasteiger partial charge in [0, 0.05) is 11.1 Å². The standard InChI is InChI=1S/C15H10Cl2N3O3S.K/c1-23-10-4-7-12-13(8-10)18-14(17)15(19-12)20-24(21,22)11-5-2-9(16)3-6-11;/h2-8H,1H3;/q-1;+1. The van der Waals surface area contributed by atoms with E-state index < -0.39 is 10.0 Å². The number of rotatable bonds is 4. The van der Waals surface area contributed by atoms with Gasteiger partial charge in [0.1, 0.15) is 10.9 Å². The molecule has 0 fully saturated rings. The molecule has 10 heteroatoms. The van der Waals surface area contributed by atoms with E-state index >= 15 is 0 Å². The van der Waals surface area contributed by atoms with Crippen LogP contribution >= 0.6 is 23.2 Å². The molecule has 2 aromatic carbocycles. The van der Waals surface area contributed by atoms with E-state index in [2.05, 4.69) is 14.7 Å². The summed E-state index contributed by atoms with van der Waals surface area (Å²) in [7, 11) is -2.45. The monoisotopic (exact) mass is 421 g/mol. The minimum absolute atomic E-state index is 0. The van der Waals surface area contributed by atoms with Crippen molar-refractivity contribution in [3.8, 4) is 5.75 Å². The minimum Gasteiger partial charge on any atom is -0.497 e. The summed E-state index contributed by atoms with van der Waals surface area (Å²) < 4.78 is 33.5. The van der Waals surface area contributed by atoms with Gasteiger partial charge in [-0.15, -0.1) is 0 Å². The maximum absolute atomic E-state index is 12.3. The second-order valence-electron chi connectivity index (χ2n) is 4.71. The van der Waals surface area contributed by atoms with Gasteiger partial charge in [-0.2, -0.15) is 0 Å². The van der Waals surface area contributed by atoms with E-state index in [9.17, 15) is 8.42 Å². The largest absolute Gasteiger partial charge is 1.00 e. The van der Waals surface area contributed by atoms with E-state index in [0.29, 0.717) is 21.8 Å². The molecule has 0 bridgehead atoms. The molecule has 3 aromatic rings. The molecular weight excluding hydrogens is 412 g/mol. The first-order valence-electron chi connectivity index (χ1n) is 6.64. The third kappa shape index (κ3) is 4.84. The fraction of sp³-hybridized carbons (Fsp3) is 0.0667. The van der Waals surface area contributed by atoms with Gasteiger partial charge in [0.05, 0.1) is 17.5 Å². The third-order valence-electron chi connectivity index (χ3n) is 3.13. The molecule has 3 rings (SSSR count). The molecule has 0 saturated carbocycles. The van der Waals surface area contributed by atoms with Crippen molar-refractivity contribution in [1.29, 1.82) is 0 Å². The molecule has 0 unspecified atom stereocenters. The van der Waals surface area contributed by atoms with Gasteiger partial charge < -0.3 is 14.4 Å². The molecule has 1 heterocycles. The van der Waals surface area contributed by atoms with Crippen molar-refractivity contribution in [3.05, 3.63) is 57.4 Å². The average Bonchev–Trinajstić information content (AvgIpc) is 2.55. The number of ether oxygens (including phenoxy) is 1. The zero-order valence-electron chi connectivity index (χ0n) is 13.3. The summed E-state index contributed by atoms with van der Waals surface area (Å²) >= 11 is 11.8. The van der Waals surface area contributed by atoms with Crippen molar-refractivity contribution in [1.82, 2.24) is 9.97 Å². The number of nitrogens with zero attached hydrogens (tertiary/aromatic N) is 3. The molecule has 0 radical (unpaired) electrons. The van der Waals surface area contributed by atoms with Crippen molar-refractivity contribution >= 4 is 50.1 Å². The fourth-order valence-corrected chi connectivity index (χ4v) is 3.25. The van der Waals surface area contributed by atoms with Crippen LogP contribution in [0.3, 0.4) is 0 Å². The number of hydrogen-bond donors (Lipinski definition) is 0. The molecular formula is C15H10Cl2KN3O3S. The smallest absolute Gasteiger partial charge is 0.497 e. The van der Waals surface area contributed by atoms with Crippen molar-refractivity contribution in [3.63, 3.8) is 0 Å². The molecule has 0 saturated heterocycles. The zero-order valence-corrected chi connectivity index (χ0v) is 18.7. The van der Waals surface area contributed by atoms with E-state index in [1.54, 1.807) is 18.2 Å². The summed E-state index contributed by atoms with van der Waals surface area (Å²) in [5.41, 5.74) is 0.924. The first-order valence-corrected chi connectivity index (χ1v) is 8.83. The Morgan fingerprint density at radius 3 is 2.32 bits per heavy atom.